The van der Waals surface area contributed by atoms with Gasteiger partial charge in [-0.3, -0.25) is 4.79 Å². The van der Waals surface area contributed by atoms with Crippen LogP contribution in [0.3, 0.4) is 0 Å². The largest absolute Gasteiger partial charge is 0.395 e. The number of nitrogens with one attached hydrogen (secondary N) is 1. The molecule has 0 spiro atoms. The molecule has 1 saturated heterocycles. The van der Waals surface area contributed by atoms with Gasteiger partial charge < -0.3 is 20.1 Å². The first-order valence-electron chi connectivity index (χ1n) is 5.89. The second-order valence-corrected chi connectivity index (χ2v) is 4.07. The Morgan fingerprint density at radius 3 is 2.69 bits per heavy atom. The van der Waals surface area contributed by atoms with Crippen LogP contribution in [-0.4, -0.2) is 62.4 Å². The molecule has 1 aliphatic rings. The molecule has 0 radical (unpaired) electrons. The van der Waals surface area contributed by atoms with Crippen molar-refractivity contribution in [3.05, 3.63) is 0 Å². The van der Waals surface area contributed by atoms with E-state index in [2.05, 4.69) is 5.32 Å². The minimum atomic E-state index is 0.0143. The van der Waals surface area contributed by atoms with E-state index in [-0.39, 0.29) is 18.4 Å². The van der Waals surface area contributed by atoms with E-state index in [0.717, 1.165) is 25.9 Å². The van der Waals surface area contributed by atoms with E-state index in [1.165, 1.54) is 0 Å². The first-order chi connectivity index (χ1) is 7.79. The second-order valence-electron chi connectivity index (χ2n) is 4.07. The quantitative estimate of drug-likeness (QED) is 0.643. The number of carbonyl (C=O) groups is 1. The third-order valence-corrected chi connectivity index (χ3v) is 2.94. The molecule has 0 saturated carbocycles. The van der Waals surface area contributed by atoms with E-state index in [0.29, 0.717) is 19.7 Å². The molecule has 1 amide bonds. The molecular formula is C11H22N2O3. The van der Waals surface area contributed by atoms with E-state index in [1.54, 1.807) is 12.0 Å². The van der Waals surface area contributed by atoms with Crippen LogP contribution in [0.1, 0.15) is 12.8 Å². The summed E-state index contributed by atoms with van der Waals surface area (Å²) in [4.78, 5) is 13.8. The van der Waals surface area contributed by atoms with Gasteiger partial charge >= 0.3 is 0 Å². The number of hydrogen-bond donors (Lipinski definition) is 2. The predicted octanol–water partition coefficient (Wildman–Crippen LogP) is -0.547. The molecule has 0 aromatic heterocycles. The lowest BCUT2D eigenvalue weighted by Crippen LogP contribution is -2.43. The molecule has 0 aromatic carbocycles. The van der Waals surface area contributed by atoms with E-state index in [9.17, 15) is 4.79 Å². The van der Waals surface area contributed by atoms with Gasteiger partial charge in [0.05, 0.1) is 13.2 Å². The molecule has 0 atom stereocenters. The minimum absolute atomic E-state index is 0.0143. The summed E-state index contributed by atoms with van der Waals surface area (Å²) in [5.74, 6) is 0.275. The maximum atomic E-state index is 12.1. The molecule has 1 heterocycles. The van der Waals surface area contributed by atoms with Gasteiger partial charge in [0, 0.05) is 26.1 Å². The third kappa shape index (κ3) is 4.08. The van der Waals surface area contributed by atoms with Crippen LogP contribution >= 0.6 is 0 Å². The fourth-order valence-electron chi connectivity index (χ4n) is 1.98. The van der Waals surface area contributed by atoms with Crippen LogP contribution in [0.25, 0.3) is 0 Å². The Bertz CT molecular complexity index is 205. The summed E-state index contributed by atoms with van der Waals surface area (Å²) in [6.07, 6.45) is 1.79. The topological polar surface area (TPSA) is 61.8 Å². The molecule has 94 valence electrons. The number of rotatable bonds is 6. The van der Waals surface area contributed by atoms with Crippen LogP contribution < -0.4 is 5.32 Å². The highest BCUT2D eigenvalue weighted by molar-refractivity contribution is 5.79. The van der Waals surface area contributed by atoms with Crippen LogP contribution in [0.4, 0.5) is 0 Å². The lowest BCUT2D eigenvalue weighted by Gasteiger charge is -2.29. The van der Waals surface area contributed by atoms with Crippen molar-refractivity contribution in [1.29, 1.82) is 0 Å². The number of hydrogen-bond acceptors (Lipinski definition) is 4. The Morgan fingerprint density at radius 2 is 2.12 bits per heavy atom. The number of amides is 1. The third-order valence-electron chi connectivity index (χ3n) is 2.94. The number of aliphatic hydroxyl groups is 1. The van der Waals surface area contributed by atoms with E-state index >= 15 is 0 Å². The van der Waals surface area contributed by atoms with E-state index in [4.69, 9.17) is 9.84 Å². The summed E-state index contributed by atoms with van der Waals surface area (Å²) in [5.41, 5.74) is 0. The van der Waals surface area contributed by atoms with Crippen molar-refractivity contribution in [2.75, 3.05) is 46.5 Å². The van der Waals surface area contributed by atoms with Gasteiger partial charge in [0.15, 0.2) is 0 Å². The average molecular weight is 230 g/mol. The van der Waals surface area contributed by atoms with Gasteiger partial charge in [-0.25, -0.2) is 0 Å². The first kappa shape index (κ1) is 13.4. The van der Waals surface area contributed by atoms with Crippen molar-refractivity contribution >= 4 is 5.91 Å². The van der Waals surface area contributed by atoms with Gasteiger partial charge in [0.1, 0.15) is 0 Å². The zero-order valence-corrected chi connectivity index (χ0v) is 9.95. The number of aliphatic hydroxyl groups excluding tert-OH is 1. The fourth-order valence-corrected chi connectivity index (χ4v) is 1.98. The van der Waals surface area contributed by atoms with E-state index < -0.39 is 0 Å². The van der Waals surface area contributed by atoms with Gasteiger partial charge in [-0.1, -0.05) is 0 Å². The summed E-state index contributed by atoms with van der Waals surface area (Å²) < 4.78 is 4.97. The minimum Gasteiger partial charge on any atom is -0.395 e. The predicted molar refractivity (Wildman–Crippen MR) is 61.1 cm³/mol. The van der Waals surface area contributed by atoms with Crippen LogP contribution in [0.15, 0.2) is 0 Å². The average Bonchev–Trinajstić information content (AvgIpc) is 2.35. The molecular weight excluding hydrogens is 208 g/mol. The highest BCUT2D eigenvalue weighted by atomic mass is 16.5. The van der Waals surface area contributed by atoms with Crippen LogP contribution in [-0.2, 0) is 9.53 Å². The highest BCUT2D eigenvalue weighted by Gasteiger charge is 2.25. The Kier molecular flexibility index (Phi) is 6.37. The molecule has 0 aromatic rings. The van der Waals surface area contributed by atoms with Crippen molar-refractivity contribution in [1.82, 2.24) is 10.2 Å². The van der Waals surface area contributed by atoms with Crippen LogP contribution in [0.5, 0.6) is 0 Å². The molecule has 5 nitrogen and oxygen atoms in total. The summed E-state index contributed by atoms with van der Waals surface area (Å²) in [7, 11) is 1.62. The molecule has 16 heavy (non-hydrogen) atoms. The van der Waals surface area contributed by atoms with Gasteiger partial charge in [0.25, 0.3) is 0 Å². The lowest BCUT2D eigenvalue weighted by atomic mass is 9.96. The van der Waals surface area contributed by atoms with Crippen molar-refractivity contribution in [2.45, 2.75) is 12.8 Å². The highest BCUT2D eigenvalue weighted by Crippen LogP contribution is 2.14. The van der Waals surface area contributed by atoms with Crippen molar-refractivity contribution in [3.8, 4) is 0 Å². The van der Waals surface area contributed by atoms with Crippen LogP contribution in [0.2, 0.25) is 0 Å². The van der Waals surface area contributed by atoms with Crippen molar-refractivity contribution in [3.63, 3.8) is 0 Å². The monoisotopic (exact) mass is 230 g/mol. The van der Waals surface area contributed by atoms with Crippen molar-refractivity contribution < 1.29 is 14.6 Å². The Morgan fingerprint density at radius 1 is 1.44 bits per heavy atom. The summed E-state index contributed by atoms with van der Waals surface area (Å²) in [6, 6.07) is 0. The maximum absolute atomic E-state index is 12.1. The smallest absolute Gasteiger partial charge is 0.225 e. The number of ether oxygens (including phenoxy) is 1. The summed E-state index contributed by atoms with van der Waals surface area (Å²) >= 11 is 0. The SMILES string of the molecule is COCCN(CCO)C(=O)C1CCNCC1. The number of nitrogens with zero attached hydrogens (tertiary/aromatic N) is 1. The molecule has 5 heteroatoms. The molecule has 0 unspecified atom stereocenters. The Hall–Kier alpha value is -0.650. The van der Waals surface area contributed by atoms with Gasteiger partial charge in [-0.05, 0) is 25.9 Å². The zero-order valence-electron chi connectivity index (χ0n) is 9.95. The number of methoxy groups -OCH3 is 1. The standard InChI is InChI=1S/C11H22N2O3/c1-16-9-7-13(6-8-14)11(15)10-2-4-12-5-3-10/h10,12,14H,2-9H2,1H3. The first-order valence-corrected chi connectivity index (χ1v) is 5.89. The van der Waals surface area contributed by atoms with Crippen LogP contribution in [0, 0.1) is 5.92 Å². The normalized spacial score (nSPS) is 17.4. The molecule has 2 N–H and O–H groups in total. The van der Waals surface area contributed by atoms with Gasteiger partial charge in [-0.15, -0.1) is 0 Å². The Balaban J connectivity index is 2.44. The summed E-state index contributed by atoms with van der Waals surface area (Å²) in [5, 5.41) is 12.2. The van der Waals surface area contributed by atoms with Gasteiger partial charge in [0.2, 0.25) is 5.91 Å². The summed E-state index contributed by atoms with van der Waals surface area (Å²) in [6.45, 7) is 3.34. The maximum Gasteiger partial charge on any atom is 0.225 e. The Labute approximate surface area is 96.8 Å². The number of piperidine rings is 1. The zero-order chi connectivity index (χ0) is 11.8. The second kappa shape index (κ2) is 7.60. The van der Waals surface area contributed by atoms with Crippen molar-refractivity contribution in [2.24, 2.45) is 5.92 Å². The lowest BCUT2D eigenvalue weighted by molar-refractivity contribution is -0.137. The fraction of sp³-hybridized carbons (Fsp3) is 0.909. The van der Waals surface area contributed by atoms with E-state index in [1.807, 2.05) is 0 Å². The molecule has 1 fully saturated rings. The molecule has 0 bridgehead atoms. The molecule has 1 aliphatic heterocycles. The number of carbonyl (C=O) groups excluding carboxylic acids is 1. The molecule has 0 aliphatic carbocycles. The van der Waals surface area contributed by atoms with Gasteiger partial charge in [-0.2, -0.15) is 0 Å². The molecule has 1 rings (SSSR count).